The minimum Gasteiger partial charge on any atom is -0.480 e. The Hall–Kier alpha value is -1.18. The van der Waals surface area contributed by atoms with E-state index in [-0.39, 0.29) is 9.92 Å². The first-order valence-corrected chi connectivity index (χ1v) is 6.30. The standard InChI is InChI=1S/C9H9ClFNO4S/c1-5(9(13)14)12-17(15,16)6-2-3-8(11)7(10)4-6/h2-5,12H,1H3,(H,13,14)/t5-/m0/s1. The predicted molar refractivity (Wildman–Crippen MR) is 58.8 cm³/mol. The molecule has 5 nitrogen and oxygen atoms in total. The normalized spacial score (nSPS) is 13.4. The number of carboxylic acids is 1. The lowest BCUT2D eigenvalue weighted by Gasteiger charge is -2.10. The summed E-state index contributed by atoms with van der Waals surface area (Å²) in [6.45, 7) is 1.17. The highest BCUT2D eigenvalue weighted by molar-refractivity contribution is 7.89. The summed E-state index contributed by atoms with van der Waals surface area (Å²) >= 11 is 5.44. The molecule has 0 bridgehead atoms. The molecular formula is C9H9ClFNO4S. The minimum absolute atomic E-state index is 0.294. The molecule has 1 rings (SSSR count). The maximum atomic E-state index is 12.8. The first kappa shape index (κ1) is 13.9. The van der Waals surface area contributed by atoms with E-state index in [1.54, 1.807) is 0 Å². The molecule has 1 aromatic carbocycles. The third kappa shape index (κ3) is 3.39. The zero-order valence-electron chi connectivity index (χ0n) is 8.65. The van der Waals surface area contributed by atoms with Crippen LogP contribution in [0.15, 0.2) is 23.1 Å². The number of halogens is 2. The third-order valence-corrected chi connectivity index (χ3v) is 3.73. The van der Waals surface area contributed by atoms with Gasteiger partial charge in [0.2, 0.25) is 10.0 Å². The van der Waals surface area contributed by atoms with Gasteiger partial charge in [-0.1, -0.05) is 11.6 Å². The van der Waals surface area contributed by atoms with E-state index < -0.39 is 27.9 Å². The van der Waals surface area contributed by atoms with Crippen molar-refractivity contribution in [2.24, 2.45) is 0 Å². The molecule has 0 saturated heterocycles. The molecule has 1 atom stereocenters. The Morgan fingerprint density at radius 2 is 2.12 bits per heavy atom. The van der Waals surface area contributed by atoms with Gasteiger partial charge in [-0.25, -0.2) is 12.8 Å². The van der Waals surface area contributed by atoms with Gasteiger partial charge in [-0.2, -0.15) is 4.72 Å². The zero-order valence-corrected chi connectivity index (χ0v) is 10.2. The van der Waals surface area contributed by atoms with Crippen molar-refractivity contribution >= 4 is 27.6 Å². The molecule has 1 aromatic rings. The van der Waals surface area contributed by atoms with Gasteiger partial charge in [-0.15, -0.1) is 0 Å². The van der Waals surface area contributed by atoms with Crippen molar-refractivity contribution in [3.05, 3.63) is 29.0 Å². The molecular weight excluding hydrogens is 273 g/mol. The van der Waals surface area contributed by atoms with Crippen molar-refractivity contribution in [2.75, 3.05) is 0 Å². The lowest BCUT2D eigenvalue weighted by Crippen LogP contribution is -2.38. The van der Waals surface area contributed by atoms with Crippen LogP contribution in [-0.2, 0) is 14.8 Å². The quantitative estimate of drug-likeness (QED) is 0.869. The van der Waals surface area contributed by atoms with E-state index in [2.05, 4.69) is 0 Å². The number of rotatable bonds is 4. The van der Waals surface area contributed by atoms with Crippen molar-refractivity contribution in [2.45, 2.75) is 17.9 Å². The Labute approximate surface area is 102 Å². The molecule has 0 amide bonds. The number of carbonyl (C=O) groups is 1. The van der Waals surface area contributed by atoms with Crippen LogP contribution in [0.4, 0.5) is 4.39 Å². The van der Waals surface area contributed by atoms with Crippen LogP contribution in [0.5, 0.6) is 0 Å². The fraction of sp³-hybridized carbons (Fsp3) is 0.222. The predicted octanol–water partition coefficient (Wildman–Crippen LogP) is 1.23. The summed E-state index contributed by atoms with van der Waals surface area (Å²) in [4.78, 5) is 10.2. The minimum atomic E-state index is -4.03. The molecule has 0 radical (unpaired) electrons. The molecule has 0 fully saturated rings. The highest BCUT2D eigenvalue weighted by Crippen LogP contribution is 2.19. The SMILES string of the molecule is C[C@H](NS(=O)(=O)c1ccc(F)c(Cl)c1)C(=O)O. The van der Waals surface area contributed by atoms with E-state index in [4.69, 9.17) is 16.7 Å². The Morgan fingerprint density at radius 1 is 1.53 bits per heavy atom. The van der Waals surface area contributed by atoms with Gasteiger partial charge < -0.3 is 5.11 Å². The number of carboxylic acid groups (broad SMARTS) is 1. The summed E-state index contributed by atoms with van der Waals surface area (Å²) in [6.07, 6.45) is 0. The van der Waals surface area contributed by atoms with Crippen molar-refractivity contribution in [3.8, 4) is 0 Å². The molecule has 0 aliphatic rings. The van der Waals surface area contributed by atoms with Crippen LogP contribution in [0.2, 0.25) is 5.02 Å². The fourth-order valence-electron chi connectivity index (χ4n) is 0.995. The molecule has 17 heavy (non-hydrogen) atoms. The van der Waals surface area contributed by atoms with Crippen LogP contribution in [0, 0.1) is 5.82 Å². The van der Waals surface area contributed by atoms with Crippen molar-refractivity contribution in [3.63, 3.8) is 0 Å². The Kier molecular flexibility index (Phi) is 4.07. The highest BCUT2D eigenvalue weighted by atomic mass is 35.5. The van der Waals surface area contributed by atoms with E-state index in [1.165, 1.54) is 6.92 Å². The number of hydrogen-bond acceptors (Lipinski definition) is 3. The van der Waals surface area contributed by atoms with Gasteiger partial charge in [0.05, 0.1) is 9.92 Å². The van der Waals surface area contributed by atoms with Gasteiger partial charge >= 0.3 is 5.97 Å². The molecule has 0 aliphatic heterocycles. The van der Waals surface area contributed by atoms with Crippen molar-refractivity contribution in [1.82, 2.24) is 4.72 Å². The van der Waals surface area contributed by atoms with Crippen LogP contribution >= 0.6 is 11.6 Å². The molecule has 0 aliphatic carbocycles. The molecule has 0 saturated carbocycles. The van der Waals surface area contributed by atoms with Crippen LogP contribution < -0.4 is 4.72 Å². The third-order valence-electron chi connectivity index (χ3n) is 1.90. The van der Waals surface area contributed by atoms with Crippen molar-refractivity contribution in [1.29, 1.82) is 0 Å². The van der Waals surface area contributed by atoms with E-state index in [9.17, 15) is 17.6 Å². The molecule has 0 heterocycles. The summed E-state index contributed by atoms with van der Waals surface area (Å²) in [5, 5.41) is 8.23. The largest absolute Gasteiger partial charge is 0.480 e. The summed E-state index contributed by atoms with van der Waals surface area (Å²) in [6, 6.07) is 1.51. The molecule has 0 spiro atoms. The second-order valence-electron chi connectivity index (χ2n) is 3.26. The van der Waals surface area contributed by atoms with Gasteiger partial charge in [-0.3, -0.25) is 4.79 Å². The van der Waals surface area contributed by atoms with E-state index in [0.29, 0.717) is 0 Å². The van der Waals surface area contributed by atoms with Crippen LogP contribution in [0.25, 0.3) is 0 Å². The van der Waals surface area contributed by atoms with Crippen molar-refractivity contribution < 1.29 is 22.7 Å². The topological polar surface area (TPSA) is 83.5 Å². The zero-order chi connectivity index (χ0) is 13.2. The van der Waals surface area contributed by atoms with Crippen LogP contribution in [0.1, 0.15) is 6.92 Å². The highest BCUT2D eigenvalue weighted by Gasteiger charge is 2.22. The smallest absolute Gasteiger partial charge is 0.321 e. The summed E-state index contributed by atoms with van der Waals surface area (Å²) in [5.74, 6) is -2.07. The van der Waals surface area contributed by atoms with Crippen LogP contribution in [0.3, 0.4) is 0 Å². The van der Waals surface area contributed by atoms with Gasteiger partial charge in [0, 0.05) is 0 Å². The molecule has 0 aromatic heterocycles. The van der Waals surface area contributed by atoms with Gasteiger partial charge in [0.1, 0.15) is 11.9 Å². The maximum Gasteiger partial charge on any atom is 0.321 e. The lowest BCUT2D eigenvalue weighted by atomic mass is 10.3. The van der Waals surface area contributed by atoms with E-state index in [0.717, 1.165) is 18.2 Å². The van der Waals surface area contributed by atoms with Gasteiger partial charge in [0.25, 0.3) is 0 Å². The second-order valence-corrected chi connectivity index (χ2v) is 5.38. The average molecular weight is 282 g/mol. The summed E-state index contributed by atoms with van der Waals surface area (Å²) < 4.78 is 38.1. The van der Waals surface area contributed by atoms with Gasteiger partial charge in [0.15, 0.2) is 0 Å². The number of hydrogen-bond donors (Lipinski definition) is 2. The monoisotopic (exact) mass is 281 g/mol. The molecule has 2 N–H and O–H groups in total. The summed E-state index contributed by atoms with van der Waals surface area (Å²) in [5.41, 5.74) is 0. The van der Waals surface area contributed by atoms with E-state index >= 15 is 0 Å². The Bertz CT molecular complexity index is 546. The van der Waals surface area contributed by atoms with E-state index in [1.807, 2.05) is 4.72 Å². The molecule has 94 valence electrons. The number of benzene rings is 1. The van der Waals surface area contributed by atoms with Crippen LogP contribution in [-0.4, -0.2) is 25.5 Å². The molecule has 0 unspecified atom stereocenters. The fourth-order valence-corrected chi connectivity index (χ4v) is 2.46. The Balaban J connectivity index is 3.05. The number of sulfonamides is 1. The Morgan fingerprint density at radius 3 is 2.59 bits per heavy atom. The first-order chi connectivity index (χ1) is 7.74. The number of nitrogens with one attached hydrogen (secondary N) is 1. The number of aliphatic carboxylic acids is 1. The lowest BCUT2D eigenvalue weighted by molar-refractivity contribution is -0.138. The van der Waals surface area contributed by atoms with Gasteiger partial charge in [-0.05, 0) is 25.1 Å². The molecule has 8 heteroatoms. The second kappa shape index (κ2) is 4.99. The maximum absolute atomic E-state index is 12.8. The summed E-state index contributed by atoms with van der Waals surface area (Å²) in [7, 11) is -4.03. The average Bonchev–Trinajstić information content (AvgIpc) is 2.21. The first-order valence-electron chi connectivity index (χ1n) is 4.44.